The van der Waals surface area contributed by atoms with E-state index in [0.717, 1.165) is 5.56 Å². The maximum absolute atomic E-state index is 6.06. The van der Waals surface area contributed by atoms with Crippen LogP contribution in [0.1, 0.15) is 17.2 Å². The van der Waals surface area contributed by atoms with Crippen LogP contribution in [-0.4, -0.2) is 25.9 Å². The Morgan fingerprint density at radius 3 is 2.80 bits per heavy atom. The summed E-state index contributed by atoms with van der Waals surface area (Å²) in [5.74, 6) is 0. The summed E-state index contributed by atoms with van der Waals surface area (Å²) in [6.07, 6.45) is 0.250. The monoisotopic (exact) mass is 207 g/mol. The third kappa shape index (κ3) is 2.56. The van der Waals surface area contributed by atoms with Crippen molar-refractivity contribution in [2.24, 2.45) is 5.73 Å². The van der Waals surface area contributed by atoms with E-state index in [0.29, 0.717) is 19.8 Å². The normalized spacial score (nSPS) is 18.5. The van der Waals surface area contributed by atoms with Crippen LogP contribution in [0.15, 0.2) is 24.3 Å². The molecule has 1 saturated heterocycles. The van der Waals surface area contributed by atoms with Crippen LogP contribution in [0.3, 0.4) is 0 Å². The van der Waals surface area contributed by atoms with Crippen molar-refractivity contribution in [3.63, 3.8) is 0 Å². The van der Waals surface area contributed by atoms with Crippen LogP contribution < -0.4 is 5.73 Å². The van der Waals surface area contributed by atoms with Crippen molar-refractivity contribution in [1.82, 2.24) is 0 Å². The van der Waals surface area contributed by atoms with E-state index in [9.17, 15) is 0 Å². The van der Waals surface area contributed by atoms with Gasteiger partial charge in [-0.25, -0.2) is 0 Å². The molecular weight excluding hydrogens is 190 g/mol. The van der Waals surface area contributed by atoms with Crippen LogP contribution in [-0.2, 0) is 9.47 Å². The zero-order chi connectivity index (χ0) is 10.7. The molecule has 1 aromatic rings. The molecule has 2 rings (SSSR count). The highest BCUT2D eigenvalue weighted by Gasteiger charge is 2.20. The zero-order valence-electron chi connectivity index (χ0n) is 8.98. The summed E-state index contributed by atoms with van der Waals surface area (Å²) in [5, 5.41) is 0. The molecule has 15 heavy (non-hydrogen) atoms. The lowest BCUT2D eigenvalue weighted by atomic mass is 10.0. The smallest absolute Gasteiger partial charge is 0.104 e. The van der Waals surface area contributed by atoms with Crippen LogP contribution in [0.25, 0.3) is 0 Å². The molecule has 0 spiro atoms. The van der Waals surface area contributed by atoms with Crippen LogP contribution >= 0.6 is 0 Å². The van der Waals surface area contributed by atoms with Gasteiger partial charge >= 0.3 is 0 Å². The van der Waals surface area contributed by atoms with Gasteiger partial charge in [0.2, 0.25) is 0 Å². The zero-order valence-corrected chi connectivity index (χ0v) is 8.98. The Kier molecular flexibility index (Phi) is 3.36. The topological polar surface area (TPSA) is 44.5 Å². The summed E-state index contributed by atoms with van der Waals surface area (Å²) in [7, 11) is 0. The fourth-order valence-corrected chi connectivity index (χ4v) is 1.64. The van der Waals surface area contributed by atoms with E-state index >= 15 is 0 Å². The molecule has 1 aromatic carbocycles. The molecule has 1 unspecified atom stereocenters. The molecule has 0 aromatic heterocycles. The Morgan fingerprint density at radius 2 is 2.20 bits per heavy atom. The first-order valence-corrected chi connectivity index (χ1v) is 5.28. The molecule has 0 bridgehead atoms. The predicted molar refractivity (Wildman–Crippen MR) is 58.7 cm³/mol. The van der Waals surface area contributed by atoms with E-state index in [1.807, 2.05) is 12.1 Å². The fourth-order valence-electron chi connectivity index (χ4n) is 1.64. The molecule has 0 radical (unpaired) electrons. The first-order valence-electron chi connectivity index (χ1n) is 5.28. The molecule has 2 N–H and O–H groups in total. The molecule has 3 nitrogen and oxygen atoms in total. The highest BCUT2D eigenvalue weighted by atomic mass is 16.6. The Hall–Kier alpha value is -0.900. The summed E-state index contributed by atoms with van der Waals surface area (Å²) in [6.45, 7) is 4.06. The Labute approximate surface area is 90.2 Å². The highest BCUT2D eigenvalue weighted by Crippen LogP contribution is 2.17. The van der Waals surface area contributed by atoms with Crippen molar-refractivity contribution >= 4 is 0 Å². The largest absolute Gasteiger partial charge is 0.376 e. The minimum Gasteiger partial charge on any atom is -0.376 e. The van der Waals surface area contributed by atoms with Gasteiger partial charge in [0.25, 0.3) is 0 Å². The van der Waals surface area contributed by atoms with Crippen molar-refractivity contribution in [3.05, 3.63) is 35.4 Å². The average molecular weight is 207 g/mol. The van der Waals surface area contributed by atoms with Crippen LogP contribution in [0.4, 0.5) is 0 Å². The van der Waals surface area contributed by atoms with Gasteiger partial charge in [0.1, 0.15) is 6.10 Å². The van der Waals surface area contributed by atoms with Gasteiger partial charge in [-0.3, -0.25) is 0 Å². The molecule has 0 aliphatic carbocycles. The van der Waals surface area contributed by atoms with E-state index in [1.54, 1.807) is 0 Å². The second kappa shape index (κ2) is 4.75. The third-order valence-electron chi connectivity index (χ3n) is 2.71. The molecule has 1 atom stereocenters. The van der Waals surface area contributed by atoms with Crippen LogP contribution in [0.5, 0.6) is 0 Å². The molecule has 1 fully saturated rings. The Bertz CT molecular complexity index is 323. The van der Waals surface area contributed by atoms with Gasteiger partial charge < -0.3 is 15.2 Å². The van der Waals surface area contributed by atoms with Gasteiger partial charge in [-0.15, -0.1) is 0 Å². The molecule has 1 heterocycles. The van der Waals surface area contributed by atoms with Gasteiger partial charge in [0.15, 0.2) is 0 Å². The molecule has 1 aliphatic heterocycles. The lowest BCUT2D eigenvalue weighted by Gasteiger charge is -2.27. The van der Waals surface area contributed by atoms with Crippen LogP contribution in [0.2, 0.25) is 0 Å². The summed E-state index contributed by atoms with van der Waals surface area (Å²) in [5.41, 5.74) is 8.44. The molecule has 0 saturated carbocycles. The summed E-state index contributed by atoms with van der Waals surface area (Å²) < 4.78 is 10.6. The summed E-state index contributed by atoms with van der Waals surface area (Å²) >= 11 is 0. The highest BCUT2D eigenvalue weighted by molar-refractivity contribution is 5.28. The van der Waals surface area contributed by atoms with E-state index < -0.39 is 0 Å². The lowest BCUT2D eigenvalue weighted by Crippen LogP contribution is -2.37. The van der Waals surface area contributed by atoms with Crippen molar-refractivity contribution in [2.75, 3.05) is 19.8 Å². The van der Waals surface area contributed by atoms with Gasteiger partial charge in [0.05, 0.1) is 25.9 Å². The maximum atomic E-state index is 6.06. The number of ether oxygens (including phenoxy) is 2. The van der Waals surface area contributed by atoms with Gasteiger partial charge in [-0.1, -0.05) is 24.3 Å². The second-order valence-electron chi connectivity index (χ2n) is 3.96. The summed E-state index contributed by atoms with van der Waals surface area (Å²) in [6, 6.07) is 8.12. The van der Waals surface area contributed by atoms with Crippen molar-refractivity contribution in [1.29, 1.82) is 0 Å². The fraction of sp³-hybridized carbons (Fsp3) is 0.500. The first kappa shape index (κ1) is 10.6. The van der Waals surface area contributed by atoms with Crippen molar-refractivity contribution < 1.29 is 9.47 Å². The van der Waals surface area contributed by atoms with E-state index in [-0.39, 0.29) is 12.1 Å². The van der Waals surface area contributed by atoms with E-state index in [2.05, 4.69) is 19.1 Å². The van der Waals surface area contributed by atoms with Gasteiger partial charge in [-0.05, 0) is 18.1 Å². The number of rotatable bonds is 4. The number of aryl methyl sites for hydroxylation is 1. The van der Waals surface area contributed by atoms with Crippen molar-refractivity contribution in [2.45, 2.75) is 19.1 Å². The van der Waals surface area contributed by atoms with Crippen LogP contribution in [0, 0.1) is 6.92 Å². The minimum absolute atomic E-state index is 0.0354. The van der Waals surface area contributed by atoms with E-state index in [1.165, 1.54) is 5.56 Å². The molecule has 3 heteroatoms. The Balaban J connectivity index is 1.89. The number of hydrogen-bond donors (Lipinski definition) is 1. The van der Waals surface area contributed by atoms with Gasteiger partial charge in [-0.2, -0.15) is 0 Å². The molecule has 1 aliphatic rings. The minimum atomic E-state index is -0.0354. The molecule has 82 valence electrons. The van der Waals surface area contributed by atoms with E-state index in [4.69, 9.17) is 15.2 Å². The molecular formula is C12H17NO2. The lowest BCUT2D eigenvalue weighted by molar-refractivity contribution is -0.131. The second-order valence-corrected chi connectivity index (χ2v) is 3.96. The first-order chi connectivity index (χ1) is 7.27. The van der Waals surface area contributed by atoms with Gasteiger partial charge in [0, 0.05) is 0 Å². The Morgan fingerprint density at radius 1 is 1.47 bits per heavy atom. The third-order valence-corrected chi connectivity index (χ3v) is 2.71. The number of hydrogen-bond acceptors (Lipinski definition) is 3. The predicted octanol–water partition coefficient (Wildman–Crippen LogP) is 1.41. The number of benzene rings is 1. The summed E-state index contributed by atoms with van der Waals surface area (Å²) in [4.78, 5) is 0. The SMILES string of the molecule is Cc1ccccc1C(N)COC1COC1. The average Bonchev–Trinajstić information content (AvgIpc) is 2.16. The quantitative estimate of drug-likeness (QED) is 0.812. The number of nitrogens with two attached hydrogens (primary N) is 1. The van der Waals surface area contributed by atoms with Crippen molar-refractivity contribution in [3.8, 4) is 0 Å². The molecule has 0 amide bonds. The maximum Gasteiger partial charge on any atom is 0.104 e. The standard InChI is InChI=1S/C12H17NO2/c1-9-4-2-3-5-11(9)12(13)8-15-10-6-14-7-10/h2-5,10,12H,6-8,13H2,1H3.